The second-order valence-corrected chi connectivity index (χ2v) is 5.99. The smallest absolute Gasteiger partial charge is 0.326 e. The Morgan fingerprint density at radius 1 is 1.43 bits per heavy atom. The van der Waals surface area contributed by atoms with Gasteiger partial charge in [0.2, 0.25) is 0 Å². The summed E-state index contributed by atoms with van der Waals surface area (Å²) in [5.74, 6) is -0.422. The zero-order valence-corrected chi connectivity index (χ0v) is 11.9. The third kappa shape index (κ3) is 2.14. The van der Waals surface area contributed by atoms with Gasteiger partial charge in [-0.15, -0.1) is 0 Å². The number of carbonyl (C=O) groups is 1. The van der Waals surface area contributed by atoms with Gasteiger partial charge in [0.25, 0.3) is 5.69 Å². The number of hydrogen-bond donors (Lipinski definition) is 1. The van der Waals surface area contributed by atoms with Gasteiger partial charge in [0, 0.05) is 12.6 Å². The van der Waals surface area contributed by atoms with Gasteiger partial charge in [-0.1, -0.05) is 18.6 Å². The van der Waals surface area contributed by atoms with E-state index in [1.54, 1.807) is 24.0 Å². The van der Waals surface area contributed by atoms with Crippen LogP contribution in [0.3, 0.4) is 0 Å². The maximum Gasteiger partial charge on any atom is 0.326 e. The van der Waals surface area contributed by atoms with Crippen molar-refractivity contribution in [3.63, 3.8) is 0 Å². The molecule has 2 fully saturated rings. The molecule has 1 saturated carbocycles. The third-order valence-electron chi connectivity index (χ3n) is 4.84. The van der Waals surface area contributed by atoms with Gasteiger partial charge in [0.05, 0.1) is 4.92 Å². The van der Waals surface area contributed by atoms with Crippen LogP contribution in [0, 0.1) is 28.9 Å². The first-order valence-corrected chi connectivity index (χ1v) is 7.24. The number of para-hydroxylation sites is 1. The number of anilines is 1. The highest BCUT2D eigenvalue weighted by atomic mass is 16.6. The summed E-state index contributed by atoms with van der Waals surface area (Å²) in [6.45, 7) is 2.41. The number of nitro benzene ring substituents is 1. The van der Waals surface area contributed by atoms with Crippen LogP contribution in [0.25, 0.3) is 0 Å². The lowest BCUT2D eigenvalue weighted by atomic mass is 9.94. The number of benzene rings is 1. The van der Waals surface area contributed by atoms with E-state index in [1.807, 2.05) is 0 Å². The fourth-order valence-corrected chi connectivity index (χ4v) is 4.02. The summed E-state index contributed by atoms with van der Waals surface area (Å²) in [7, 11) is 0. The van der Waals surface area contributed by atoms with E-state index >= 15 is 0 Å². The van der Waals surface area contributed by atoms with Gasteiger partial charge in [0.15, 0.2) is 0 Å². The largest absolute Gasteiger partial charge is 0.480 e. The van der Waals surface area contributed by atoms with E-state index < -0.39 is 16.9 Å². The molecule has 1 N–H and O–H groups in total. The van der Waals surface area contributed by atoms with E-state index in [2.05, 4.69) is 0 Å². The number of aliphatic carboxylic acids is 1. The van der Waals surface area contributed by atoms with Gasteiger partial charge in [-0.05, 0) is 37.2 Å². The normalized spacial score (nSPS) is 27.7. The van der Waals surface area contributed by atoms with Crippen LogP contribution >= 0.6 is 0 Å². The monoisotopic (exact) mass is 290 g/mol. The quantitative estimate of drug-likeness (QED) is 0.683. The van der Waals surface area contributed by atoms with Crippen molar-refractivity contribution in [1.82, 2.24) is 0 Å². The molecule has 0 bridgehead atoms. The van der Waals surface area contributed by atoms with Gasteiger partial charge >= 0.3 is 5.97 Å². The van der Waals surface area contributed by atoms with Crippen molar-refractivity contribution in [2.75, 3.05) is 11.4 Å². The molecule has 21 heavy (non-hydrogen) atoms. The summed E-state index contributed by atoms with van der Waals surface area (Å²) in [5.41, 5.74) is 1.24. The molecule has 0 amide bonds. The maximum atomic E-state index is 11.7. The molecule has 1 heterocycles. The van der Waals surface area contributed by atoms with Gasteiger partial charge in [0.1, 0.15) is 11.7 Å². The molecule has 1 saturated heterocycles. The van der Waals surface area contributed by atoms with Crippen LogP contribution in [0.2, 0.25) is 0 Å². The average molecular weight is 290 g/mol. The van der Waals surface area contributed by atoms with Crippen LogP contribution in [-0.2, 0) is 4.79 Å². The van der Waals surface area contributed by atoms with E-state index in [0.29, 0.717) is 18.2 Å². The summed E-state index contributed by atoms with van der Waals surface area (Å²) >= 11 is 0. The van der Waals surface area contributed by atoms with Crippen molar-refractivity contribution in [1.29, 1.82) is 0 Å². The zero-order chi connectivity index (χ0) is 15.1. The van der Waals surface area contributed by atoms with Crippen molar-refractivity contribution < 1.29 is 14.8 Å². The maximum absolute atomic E-state index is 11.7. The predicted molar refractivity (Wildman–Crippen MR) is 77.4 cm³/mol. The summed E-state index contributed by atoms with van der Waals surface area (Å²) in [4.78, 5) is 24.3. The van der Waals surface area contributed by atoms with Crippen LogP contribution in [-0.4, -0.2) is 28.6 Å². The van der Waals surface area contributed by atoms with Crippen molar-refractivity contribution in [2.24, 2.45) is 11.8 Å². The minimum atomic E-state index is -0.873. The Hall–Kier alpha value is -2.11. The van der Waals surface area contributed by atoms with Crippen LogP contribution < -0.4 is 4.90 Å². The van der Waals surface area contributed by atoms with Crippen LogP contribution in [0.1, 0.15) is 24.8 Å². The molecule has 1 aromatic rings. The molecule has 1 aliphatic heterocycles. The van der Waals surface area contributed by atoms with Crippen LogP contribution in [0.15, 0.2) is 18.2 Å². The molecule has 2 aliphatic rings. The van der Waals surface area contributed by atoms with E-state index in [4.69, 9.17) is 0 Å². The number of aryl methyl sites for hydroxylation is 1. The van der Waals surface area contributed by atoms with Crippen LogP contribution in [0.5, 0.6) is 0 Å². The molecule has 1 aromatic carbocycles. The number of carboxylic acid groups (broad SMARTS) is 1. The minimum Gasteiger partial charge on any atom is -0.480 e. The highest BCUT2D eigenvalue weighted by molar-refractivity contribution is 5.82. The number of carboxylic acids is 1. The molecular weight excluding hydrogens is 272 g/mol. The number of fused-ring (bicyclic) bond motifs is 1. The number of rotatable bonds is 3. The highest BCUT2D eigenvalue weighted by Crippen LogP contribution is 2.46. The fraction of sp³-hybridized carbons (Fsp3) is 0.533. The number of nitro groups is 1. The molecule has 112 valence electrons. The zero-order valence-electron chi connectivity index (χ0n) is 11.9. The SMILES string of the molecule is Cc1cccc([N+](=O)[O-])c1N1CC2CCCC2C1C(=O)O. The van der Waals surface area contributed by atoms with E-state index in [0.717, 1.165) is 24.8 Å². The predicted octanol–water partition coefficient (Wildman–Crippen LogP) is 2.59. The molecule has 0 radical (unpaired) electrons. The Kier molecular flexibility index (Phi) is 3.31. The summed E-state index contributed by atoms with van der Waals surface area (Å²) in [5, 5.41) is 20.9. The molecule has 1 aliphatic carbocycles. The highest BCUT2D eigenvalue weighted by Gasteiger charge is 2.49. The van der Waals surface area contributed by atoms with Crippen molar-refractivity contribution in [2.45, 2.75) is 32.2 Å². The van der Waals surface area contributed by atoms with Crippen LogP contribution in [0.4, 0.5) is 11.4 Å². The molecule has 3 atom stereocenters. The molecular formula is C15H18N2O4. The lowest BCUT2D eigenvalue weighted by Gasteiger charge is -2.27. The second-order valence-electron chi connectivity index (χ2n) is 5.99. The standard InChI is InChI=1S/C15H18N2O4/c1-9-4-2-7-12(17(20)21)13(9)16-8-10-5-3-6-11(10)14(16)15(18)19/h2,4,7,10-11,14H,3,5-6,8H2,1H3,(H,18,19). The molecule has 3 rings (SSSR count). The Morgan fingerprint density at radius 2 is 2.19 bits per heavy atom. The first kappa shape index (κ1) is 13.9. The molecule has 6 nitrogen and oxygen atoms in total. The van der Waals surface area contributed by atoms with Gasteiger partial charge in [-0.3, -0.25) is 10.1 Å². The van der Waals surface area contributed by atoms with Crippen molar-refractivity contribution >= 4 is 17.3 Å². The first-order valence-electron chi connectivity index (χ1n) is 7.24. The van der Waals surface area contributed by atoms with Crippen molar-refractivity contribution in [3.05, 3.63) is 33.9 Å². The number of hydrogen-bond acceptors (Lipinski definition) is 4. The van der Waals surface area contributed by atoms with E-state index in [9.17, 15) is 20.0 Å². The first-order chi connectivity index (χ1) is 10.0. The Morgan fingerprint density at radius 3 is 2.86 bits per heavy atom. The van der Waals surface area contributed by atoms with Gasteiger partial charge in [-0.25, -0.2) is 4.79 Å². The topological polar surface area (TPSA) is 83.7 Å². The fourth-order valence-electron chi connectivity index (χ4n) is 4.02. The molecule has 6 heteroatoms. The third-order valence-corrected chi connectivity index (χ3v) is 4.84. The summed E-state index contributed by atoms with van der Waals surface area (Å²) in [6, 6.07) is 4.26. The van der Waals surface area contributed by atoms with Gasteiger partial charge in [-0.2, -0.15) is 0 Å². The van der Waals surface area contributed by atoms with Crippen molar-refractivity contribution in [3.8, 4) is 0 Å². The molecule has 0 spiro atoms. The molecule has 0 aromatic heterocycles. The lowest BCUT2D eigenvalue weighted by Crippen LogP contribution is -2.40. The van der Waals surface area contributed by atoms with E-state index in [1.165, 1.54) is 6.07 Å². The number of nitrogens with zero attached hydrogens (tertiary/aromatic N) is 2. The molecule has 3 unspecified atom stereocenters. The minimum absolute atomic E-state index is 0.00113. The Labute approximate surface area is 122 Å². The Balaban J connectivity index is 2.07. The van der Waals surface area contributed by atoms with Gasteiger partial charge < -0.3 is 10.0 Å². The second kappa shape index (κ2) is 5.02. The summed E-state index contributed by atoms with van der Waals surface area (Å²) in [6.07, 6.45) is 2.98. The lowest BCUT2D eigenvalue weighted by molar-refractivity contribution is -0.384. The summed E-state index contributed by atoms with van der Waals surface area (Å²) < 4.78 is 0. The average Bonchev–Trinajstić information content (AvgIpc) is 2.97. The Bertz CT molecular complexity index is 601. The van der Waals surface area contributed by atoms with E-state index in [-0.39, 0.29) is 11.6 Å².